The summed E-state index contributed by atoms with van der Waals surface area (Å²) in [5.74, 6) is 0.684. The molecule has 1 aliphatic carbocycles. The van der Waals surface area contributed by atoms with Gasteiger partial charge in [0.05, 0.1) is 16.8 Å². The van der Waals surface area contributed by atoms with Crippen LogP contribution >= 0.6 is 0 Å². The van der Waals surface area contributed by atoms with Crippen molar-refractivity contribution in [3.63, 3.8) is 0 Å². The fraction of sp³-hybridized carbons (Fsp3) is 0.0192. The molecule has 0 unspecified atom stereocenters. The van der Waals surface area contributed by atoms with Crippen LogP contribution in [0.4, 0.5) is 0 Å². The predicted octanol–water partition coefficient (Wildman–Crippen LogP) is 12.6. The molecule has 0 saturated carbocycles. The molecule has 1 aliphatic rings. The van der Waals surface area contributed by atoms with Crippen LogP contribution in [-0.4, -0.2) is 15.0 Å². The van der Waals surface area contributed by atoms with Crippen LogP contribution < -0.4 is 0 Å². The van der Waals surface area contributed by atoms with E-state index in [0.717, 1.165) is 44.8 Å². The second-order valence-corrected chi connectivity index (χ2v) is 14.0. The minimum Gasteiger partial charge on any atom is -0.265 e. The Hall–Kier alpha value is -7.23. The molecule has 0 spiro atoms. The fourth-order valence-electron chi connectivity index (χ4n) is 8.33. The molecule has 2 aromatic heterocycles. The monoisotopic (exact) mass is 701 g/mol. The van der Waals surface area contributed by atoms with Gasteiger partial charge in [-0.25, -0.2) is 9.97 Å². The number of rotatable bonds is 7. The first-order valence-corrected chi connectivity index (χ1v) is 18.7. The van der Waals surface area contributed by atoms with Gasteiger partial charge in [0.25, 0.3) is 0 Å². The Labute approximate surface area is 321 Å². The van der Waals surface area contributed by atoms with Gasteiger partial charge in [-0.05, 0) is 86.0 Å². The number of pyridine rings is 1. The molecule has 0 bridgehead atoms. The Bertz CT molecular complexity index is 2740. The summed E-state index contributed by atoms with van der Waals surface area (Å²) in [6.45, 7) is 0. The smallest absolute Gasteiger partial charge is 0.160 e. The Kier molecular flexibility index (Phi) is 8.04. The summed E-state index contributed by atoms with van der Waals surface area (Å²) in [5, 5.41) is 0. The minimum absolute atomic E-state index is 0.408. The molecule has 55 heavy (non-hydrogen) atoms. The van der Waals surface area contributed by atoms with Crippen LogP contribution in [0.2, 0.25) is 0 Å². The first-order valence-electron chi connectivity index (χ1n) is 18.7. The zero-order chi connectivity index (χ0) is 36.6. The second kappa shape index (κ2) is 13.6. The van der Waals surface area contributed by atoms with Gasteiger partial charge in [0, 0.05) is 29.1 Å². The van der Waals surface area contributed by atoms with Crippen LogP contribution in [0.25, 0.3) is 67.3 Å². The number of nitrogens with zero attached hydrogens (tertiary/aromatic N) is 3. The lowest BCUT2D eigenvalue weighted by Crippen LogP contribution is -2.28. The molecular formula is C52H35N3. The molecule has 0 aliphatic heterocycles. The SMILES string of the molecule is c1ccc(-c2cccc(-c3nc(-c4ccncc4)cc(-c4ccc(-c5ccc6c(c5)-c5ccccc5C6(c5ccccc5)c5ccccc5)cc4)n3)c2)cc1. The third-order valence-corrected chi connectivity index (χ3v) is 10.9. The Morgan fingerprint density at radius 3 is 1.49 bits per heavy atom. The van der Waals surface area contributed by atoms with Gasteiger partial charge < -0.3 is 0 Å². The lowest BCUT2D eigenvalue weighted by Gasteiger charge is -2.33. The maximum absolute atomic E-state index is 5.16. The van der Waals surface area contributed by atoms with Crippen molar-refractivity contribution in [2.75, 3.05) is 0 Å². The van der Waals surface area contributed by atoms with E-state index < -0.39 is 5.41 Å². The summed E-state index contributed by atoms with van der Waals surface area (Å²) in [7, 11) is 0. The number of hydrogen-bond acceptors (Lipinski definition) is 3. The summed E-state index contributed by atoms with van der Waals surface area (Å²) in [6.07, 6.45) is 3.61. The van der Waals surface area contributed by atoms with Gasteiger partial charge in [0.1, 0.15) is 0 Å². The third-order valence-electron chi connectivity index (χ3n) is 10.9. The molecule has 9 aromatic rings. The highest BCUT2D eigenvalue weighted by Crippen LogP contribution is 2.56. The molecule has 10 rings (SSSR count). The average Bonchev–Trinajstić information content (AvgIpc) is 3.58. The summed E-state index contributed by atoms with van der Waals surface area (Å²) in [6, 6.07) is 71.5. The zero-order valence-electron chi connectivity index (χ0n) is 30.0. The van der Waals surface area contributed by atoms with Crippen LogP contribution in [0.3, 0.4) is 0 Å². The molecule has 258 valence electrons. The van der Waals surface area contributed by atoms with Crippen LogP contribution in [0.15, 0.2) is 213 Å². The quantitative estimate of drug-likeness (QED) is 0.166. The molecule has 0 N–H and O–H groups in total. The molecule has 0 fully saturated rings. The maximum Gasteiger partial charge on any atom is 0.160 e. The zero-order valence-corrected chi connectivity index (χ0v) is 30.0. The second-order valence-electron chi connectivity index (χ2n) is 14.0. The summed E-state index contributed by atoms with van der Waals surface area (Å²) >= 11 is 0. The van der Waals surface area contributed by atoms with E-state index in [1.54, 1.807) is 12.4 Å². The van der Waals surface area contributed by atoms with E-state index in [9.17, 15) is 0 Å². The summed E-state index contributed by atoms with van der Waals surface area (Å²) in [5.41, 5.74) is 16.6. The molecule has 3 nitrogen and oxygen atoms in total. The molecular weight excluding hydrogens is 667 g/mol. The largest absolute Gasteiger partial charge is 0.265 e. The van der Waals surface area contributed by atoms with Crippen molar-refractivity contribution in [1.29, 1.82) is 0 Å². The highest BCUT2D eigenvalue weighted by molar-refractivity contribution is 5.89. The van der Waals surface area contributed by atoms with E-state index in [1.165, 1.54) is 38.9 Å². The van der Waals surface area contributed by atoms with Gasteiger partial charge in [0.15, 0.2) is 5.82 Å². The average molecular weight is 702 g/mol. The predicted molar refractivity (Wildman–Crippen MR) is 224 cm³/mol. The van der Waals surface area contributed by atoms with Crippen molar-refractivity contribution in [1.82, 2.24) is 15.0 Å². The first-order chi connectivity index (χ1) is 27.3. The van der Waals surface area contributed by atoms with Crippen LogP contribution in [0.5, 0.6) is 0 Å². The van der Waals surface area contributed by atoms with Crippen molar-refractivity contribution in [3.8, 4) is 67.3 Å². The molecule has 7 aromatic carbocycles. The highest BCUT2D eigenvalue weighted by Gasteiger charge is 2.45. The first kappa shape index (κ1) is 32.4. The van der Waals surface area contributed by atoms with Gasteiger partial charge in [0.2, 0.25) is 0 Å². The normalized spacial score (nSPS) is 12.5. The lowest BCUT2D eigenvalue weighted by atomic mass is 9.67. The summed E-state index contributed by atoms with van der Waals surface area (Å²) in [4.78, 5) is 14.5. The van der Waals surface area contributed by atoms with E-state index >= 15 is 0 Å². The number of fused-ring (bicyclic) bond motifs is 3. The van der Waals surface area contributed by atoms with E-state index in [2.05, 4.69) is 187 Å². The number of hydrogen-bond donors (Lipinski definition) is 0. The van der Waals surface area contributed by atoms with Crippen LogP contribution in [0.1, 0.15) is 22.3 Å². The number of benzene rings is 7. The molecule has 0 atom stereocenters. The van der Waals surface area contributed by atoms with Crippen molar-refractivity contribution in [2.24, 2.45) is 0 Å². The van der Waals surface area contributed by atoms with Crippen molar-refractivity contribution < 1.29 is 0 Å². The van der Waals surface area contributed by atoms with Gasteiger partial charge in [-0.1, -0.05) is 170 Å². The molecule has 0 saturated heterocycles. The van der Waals surface area contributed by atoms with E-state index in [0.29, 0.717) is 5.82 Å². The van der Waals surface area contributed by atoms with Gasteiger partial charge in [-0.3, -0.25) is 4.98 Å². The number of aromatic nitrogens is 3. The lowest BCUT2D eigenvalue weighted by molar-refractivity contribution is 0.768. The minimum atomic E-state index is -0.408. The van der Waals surface area contributed by atoms with Crippen molar-refractivity contribution >= 4 is 0 Å². The third kappa shape index (κ3) is 5.65. The molecule has 0 amide bonds. The molecule has 0 radical (unpaired) electrons. The van der Waals surface area contributed by atoms with Gasteiger partial charge >= 0.3 is 0 Å². The van der Waals surface area contributed by atoms with Crippen molar-refractivity contribution in [3.05, 3.63) is 235 Å². The fourth-order valence-corrected chi connectivity index (χ4v) is 8.33. The van der Waals surface area contributed by atoms with Gasteiger partial charge in [-0.2, -0.15) is 0 Å². The van der Waals surface area contributed by atoms with E-state index in [-0.39, 0.29) is 0 Å². The highest BCUT2D eigenvalue weighted by atomic mass is 14.9. The van der Waals surface area contributed by atoms with Crippen molar-refractivity contribution in [2.45, 2.75) is 5.41 Å². The Morgan fingerprint density at radius 2 is 0.800 bits per heavy atom. The van der Waals surface area contributed by atoms with Gasteiger partial charge in [-0.15, -0.1) is 0 Å². The Balaban J connectivity index is 1.06. The standard InChI is InChI=1S/C52H35N3/c1-4-13-36(14-5-1)40-15-12-16-42(33-40)51-54-49(35-50(55-51)39-29-31-53-32-30-39)38-25-23-37(24-26-38)41-27-28-48-46(34-41)45-21-10-11-22-47(45)52(48,43-17-6-2-7-18-43)44-19-8-3-9-20-44/h1-35H. The maximum atomic E-state index is 5.16. The molecule has 3 heteroatoms. The van der Waals surface area contributed by atoms with E-state index in [4.69, 9.17) is 9.97 Å². The van der Waals surface area contributed by atoms with Crippen LogP contribution in [-0.2, 0) is 5.41 Å². The topological polar surface area (TPSA) is 38.7 Å². The van der Waals surface area contributed by atoms with E-state index in [1.807, 2.05) is 18.2 Å². The van der Waals surface area contributed by atoms with Crippen LogP contribution in [0, 0.1) is 0 Å². The Morgan fingerprint density at radius 1 is 0.309 bits per heavy atom. The summed E-state index contributed by atoms with van der Waals surface area (Å²) < 4.78 is 0. The molecule has 2 heterocycles.